The Labute approximate surface area is 108 Å². The molecule has 1 N–H and O–H groups in total. The fourth-order valence-electron chi connectivity index (χ4n) is 1.60. The van der Waals surface area contributed by atoms with Gasteiger partial charge in [0, 0.05) is 11.1 Å². The average molecular weight is 248 g/mol. The van der Waals surface area contributed by atoms with Gasteiger partial charge in [0.25, 0.3) is 0 Å². The molecule has 0 saturated carbocycles. The van der Waals surface area contributed by atoms with Crippen molar-refractivity contribution in [3.8, 4) is 5.75 Å². The third-order valence-corrected chi connectivity index (χ3v) is 2.71. The van der Waals surface area contributed by atoms with Crippen molar-refractivity contribution in [2.45, 2.75) is 33.6 Å². The number of benzene rings is 1. The predicted molar refractivity (Wildman–Crippen MR) is 73.0 cm³/mol. The average Bonchev–Trinajstić information content (AvgIpc) is 2.31. The predicted octanol–water partition coefficient (Wildman–Crippen LogP) is 3.70. The van der Waals surface area contributed by atoms with Gasteiger partial charge >= 0.3 is 5.97 Å². The Hall–Kier alpha value is -1.77. The van der Waals surface area contributed by atoms with E-state index in [9.17, 15) is 4.79 Å². The van der Waals surface area contributed by atoms with Crippen LogP contribution in [-0.4, -0.2) is 17.7 Å². The van der Waals surface area contributed by atoms with Gasteiger partial charge in [0.15, 0.2) is 0 Å². The second kappa shape index (κ2) is 6.24. The van der Waals surface area contributed by atoms with Crippen LogP contribution in [0.5, 0.6) is 5.75 Å². The van der Waals surface area contributed by atoms with Gasteiger partial charge in [-0.2, -0.15) is 0 Å². The molecule has 0 heterocycles. The summed E-state index contributed by atoms with van der Waals surface area (Å²) < 4.78 is 5.57. The van der Waals surface area contributed by atoms with Crippen LogP contribution in [0.4, 0.5) is 0 Å². The zero-order valence-electron chi connectivity index (χ0n) is 11.4. The topological polar surface area (TPSA) is 46.5 Å². The molecule has 18 heavy (non-hydrogen) atoms. The van der Waals surface area contributed by atoms with Crippen LogP contribution in [0, 0.1) is 0 Å². The van der Waals surface area contributed by atoms with E-state index in [1.54, 1.807) is 13.0 Å². The van der Waals surface area contributed by atoms with Gasteiger partial charge in [-0.15, -0.1) is 0 Å². The summed E-state index contributed by atoms with van der Waals surface area (Å²) in [5.41, 5.74) is 2.29. The molecule has 0 saturated heterocycles. The van der Waals surface area contributed by atoms with Crippen molar-refractivity contribution in [2.75, 3.05) is 6.61 Å². The summed E-state index contributed by atoms with van der Waals surface area (Å²) in [7, 11) is 0. The molecule has 0 aliphatic heterocycles. The highest BCUT2D eigenvalue weighted by Gasteiger charge is 2.08. The maximum Gasteiger partial charge on any atom is 0.331 e. The highest BCUT2D eigenvalue weighted by Crippen LogP contribution is 2.26. The summed E-state index contributed by atoms with van der Waals surface area (Å²) in [6.45, 7) is 8.29. The first-order chi connectivity index (χ1) is 8.45. The summed E-state index contributed by atoms with van der Waals surface area (Å²) in [6.07, 6.45) is 1.64. The maximum atomic E-state index is 10.8. The van der Waals surface area contributed by atoms with Crippen molar-refractivity contribution in [1.29, 1.82) is 0 Å². The van der Waals surface area contributed by atoms with E-state index < -0.39 is 5.97 Å². The molecule has 0 aliphatic carbocycles. The smallest absolute Gasteiger partial charge is 0.331 e. The van der Waals surface area contributed by atoms with E-state index in [1.807, 2.05) is 25.1 Å². The SMILES string of the molecule is CCOc1cc(C(C)C)ccc1/C=C(\C)C(=O)O. The quantitative estimate of drug-likeness (QED) is 0.808. The standard InChI is InChI=1S/C15H20O3/c1-5-18-14-9-12(10(2)3)6-7-13(14)8-11(4)15(16)17/h6-10H,5H2,1-4H3,(H,16,17)/b11-8+. The van der Waals surface area contributed by atoms with E-state index in [0.717, 1.165) is 11.3 Å². The highest BCUT2D eigenvalue weighted by atomic mass is 16.5. The van der Waals surface area contributed by atoms with Crippen LogP contribution in [-0.2, 0) is 4.79 Å². The van der Waals surface area contributed by atoms with Gasteiger partial charge in [0.05, 0.1) is 6.61 Å². The Bertz CT molecular complexity index is 459. The minimum atomic E-state index is -0.912. The Kier molecular flexibility index (Phi) is 4.95. The van der Waals surface area contributed by atoms with E-state index in [4.69, 9.17) is 9.84 Å². The van der Waals surface area contributed by atoms with Gasteiger partial charge < -0.3 is 9.84 Å². The lowest BCUT2D eigenvalue weighted by molar-refractivity contribution is -0.132. The molecule has 0 spiro atoms. The molecule has 0 radical (unpaired) electrons. The molecule has 1 aromatic rings. The number of aliphatic carboxylic acids is 1. The van der Waals surface area contributed by atoms with Crippen LogP contribution in [0.25, 0.3) is 6.08 Å². The Morgan fingerprint density at radius 1 is 1.44 bits per heavy atom. The molecular weight excluding hydrogens is 228 g/mol. The van der Waals surface area contributed by atoms with Crippen LogP contribution in [0.1, 0.15) is 44.7 Å². The highest BCUT2D eigenvalue weighted by molar-refractivity contribution is 5.91. The van der Waals surface area contributed by atoms with Gasteiger partial charge in [-0.1, -0.05) is 26.0 Å². The van der Waals surface area contributed by atoms with Gasteiger partial charge in [-0.05, 0) is 37.5 Å². The number of carboxylic acids is 1. The number of hydrogen-bond donors (Lipinski definition) is 1. The lowest BCUT2D eigenvalue weighted by Gasteiger charge is -2.12. The number of carboxylic acid groups (broad SMARTS) is 1. The van der Waals surface area contributed by atoms with Crippen LogP contribution < -0.4 is 4.74 Å². The van der Waals surface area contributed by atoms with E-state index in [0.29, 0.717) is 18.1 Å². The lowest BCUT2D eigenvalue weighted by atomic mass is 10.00. The first-order valence-corrected chi connectivity index (χ1v) is 6.14. The molecule has 1 aromatic carbocycles. The van der Waals surface area contributed by atoms with Crippen LogP contribution >= 0.6 is 0 Å². The molecule has 0 bridgehead atoms. The van der Waals surface area contributed by atoms with Gasteiger partial charge in [0.1, 0.15) is 5.75 Å². The molecule has 3 nitrogen and oxygen atoms in total. The molecule has 1 rings (SSSR count). The first kappa shape index (κ1) is 14.3. The summed E-state index contributed by atoms with van der Waals surface area (Å²) in [5.74, 6) is 0.248. The second-order valence-corrected chi connectivity index (χ2v) is 4.52. The zero-order valence-corrected chi connectivity index (χ0v) is 11.4. The number of rotatable bonds is 5. The van der Waals surface area contributed by atoms with Crippen molar-refractivity contribution in [3.63, 3.8) is 0 Å². The van der Waals surface area contributed by atoms with E-state index in [1.165, 1.54) is 5.56 Å². The zero-order chi connectivity index (χ0) is 13.7. The molecule has 98 valence electrons. The first-order valence-electron chi connectivity index (χ1n) is 6.14. The molecule has 0 fully saturated rings. The molecule has 0 aliphatic rings. The molecule has 0 aromatic heterocycles. The third kappa shape index (κ3) is 3.62. The van der Waals surface area contributed by atoms with Gasteiger partial charge in [-0.25, -0.2) is 4.79 Å². The van der Waals surface area contributed by atoms with E-state index in [2.05, 4.69) is 13.8 Å². The van der Waals surface area contributed by atoms with Crippen molar-refractivity contribution in [1.82, 2.24) is 0 Å². The van der Waals surface area contributed by atoms with E-state index in [-0.39, 0.29) is 0 Å². The normalized spacial score (nSPS) is 11.7. The summed E-state index contributed by atoms with van der Waals surface area (Å²) in [6, 6.07) is 5.90. The molecule has 0 atom stereocenters. The Balaban J connectivity index is 3.19. The Morgan fingerprint density at radius 2 is 2.11 bits per heavy atom. The van der Waals surface area contributed by atoms with Crippen LogP contribution in [0.2, 0.25) is 0 Å². The number of ether oxygens (including phenoxy) is 1. The molecule has 3 heteroatoms. The fourth-order valence-corrected chi connectivity index (χ4v) is 1.60. The molecular formula is C15H20O3. The van der Waals surface area contributed by atoms with Crippen LogP contribution in [0.15, 0.2) is 23.8 Å². The van der Waals surface area contributed by atoms with Crippen LogP contribution in [0.3, 0.4) is 0 Å². The number of carbonyl (C=O) groups is 1. The minimum Gasteiger partial charge on any atom is -0.493 e. The van der Waals surface area contributed by atoms with Crippen molar-refractivity contribution in [3.05, 3.63) is 34.9 Å². The summed E-state index contributed by atoms with van der Waals surface area (Å²) in [4.78, 5) is 10.8. The van der Waals surface area contributed by atoms with Crippen molar-refractivity contribution in [2.24, 2.45) is 0 Å². The van der Waals surface area contributed by atoms with E-state index >= 15 is 0 Å². The third-order valence-electron chi connectivity index (χ3n) is 2.71. The summed E-state index contributed by atoms with van der Waals surface area (Å²) in [5, 5.41) is 8.90. The Morgan fingerprint density at radius 3 is 2.61 bits per heavy atom. The minimum absolute atomic E-state index is 0.299. The maximum absolute atomic E-state index is 10.8. The largest absolute Gasteiger partial charge is 0.493 e. The number of hydrogen-bond acceptors (Lipinski definition) is 2. The van der Waals surface area contributed by atoms with Crippen molar-refractivity contribution >= 4 is 12.0 Å². The summed E-state index contributed by atoms with van der Waals surface area (Å²) >= 11 is 0. The monoisotopic (exact) mass is 248 g/mol. The lowest BCUT2D eigenvalue weighted by Crippen LogP contribution is -1.99. The molecule has 0 unspecified atom stereocenters. The second-order valence-electron chi connectivity index (χ2n) is 4.52. The van der Waals surface area contributed by atoms with Gasteiger partial charge in [-0.3, -0.25) is 0 Å². The molecule has 0 amide bonds. The van der Waals surface area contributed by atoms with Gasteiger partial charge in [0.2, 0.25) is 0 Å². The van der Waals surface area contributed by atoms with Crippen molar-refractivity contribution < 1.29 is 14.6 Å². The fraction of sp³-hybridized carbons (Fsp3) is 0.400.